The molecule has 2 nitrogen and oxygen atoms in total. The number of methoxy groups -OCH3 is 1. The zero-order valence-electron chi connectivity index (χ0n) is 12.4. The Morgan fingerprint density at radius 2 is 1.95 bits per heavy atom. The van der Waals surface area contributed by atoms with Gasteiger partial charge in [0, 0.05) is 24.2 Å². The highest BCUT2D eigenvalue weighted by Gasteiger charge is 2.21. The smallest absolute Gasteiger partial charge is 0.0553 e. The molecule has 0 saturated heterocycles. The van der Waals surface area contributed by atoms with Crippen LogP contribution in [0.4, 0.5) is 0 Å². The van der Waals surface area contributed by atoms with E-state index in [1.807, 2.05) is 11.8 Å². The van der Waals surface area contributed by atoms with Crippen LogP contribution in [0.3, 0.4) is 0 Å². The lowest BCUT2D eigenvalue weighted by atomic mass is 10.0. The first-order valence-corrected chi connectivity index (χ1v) is 8.27. The van der Waals surface area contributed by atoms with E-state index in [9.17, 15) is 0 Å². The Bertz CT molecular complexity index is 318. The summed E-state index contributed by atoms with van der Waals surface area (Å²) < 4.78 is 5.16. The van der Waals surface area contributed by atoms with Crippen LogP contribution in [0.5, 0.6) is 0 Å². The average molecular weight is 281 g/mol. The first-order valence-electron chi connectivity index (χ1n) is 7.22. The molecule has 0 aliphatic carbocycles. The van der Waals surface area contributed by atoms with Crippen LogP contribution in [0.25, 0.3) is 0 Å². The van der Waals surface area contributed by atoms with Gasteiger partial charge >= 0.3 is 0 Å². The van der Waals surface area contributed by atoms with E-state index in [1.165, 1.54) is 18.4 Å². The van der Waals surface area contributed by atoms with Gasteiger partial charge in [0.05, 0.1) is 6.61 Å². The Labute approximate surface area is 122 Å². The molecule has 1 aromatic rings. The molecule has 3 heteroatoms. The zero-order valence-corrected chi connectivity index (χ0v) is 13.2. The molecule has 2 unspecified atom stereocenters. The van der Waals surface area contributed by atoms with Crippen LogP contribution < -0.4 is 5.32 Å². The summed E-state index contributed by atoms with van der Waals surface area (Å²) in [5, 5.41) is 4.30. The van der Waals surface area contributed by atoms with Crippen LogP contribution in [0, 0.1) is 0 Å². The molecule has 0 spiro atoms. The number of rotatable bonds is 10. The minimum atomic E-state index is 0.438. The maximum Gasteiger partial charge on any atom is 0.0553 e. The molecule has 108 valence electrons. The second-order valence-corrected chi connectivity index (χ2v) is 6.00. The summed E-state index contributed by atoms with van der Waals surface area (Å²) in [5.74, 6) is 1.06. The van der Waals surface area contributed by atoms with Crippen LogP contribution in [-0.2, 0) is 4.74 Å². The van der Waals surface area contributed by atoms with Crippen molar-refractivity contribution < 1.29 is 4.74 Å². The van der Waals surface area contributed by atoms with Crippen LogP contribution in [0.1, 0.15) is 38.3 Å². The topological polar surface area (TPSA) is 21.3 Å². The molecule has 0 aliphatic rings. The van der Waals surface area contributed by atoms with Crippen molar-refractivity contribution in [3.05, 3.63) is 35.9 Å². The van der Waals surface area contributed by atoms with E-state index < -0.39 is 0 Å². The lowest BCUT2D eigenvalue weighted by Crippen LogP contribution is -2.31. The van der Waals surface area contributed by atoms with Gasteiger partial charge in [0.15, 0.2) is 0 Å². The number of ether oxygens (including phenoxy) is 1. The van der Waals surface area contributed by atoms with E-state index in [-0.39, 0.29) is 0 Å². The van der Waals surface area contributed by atoms with Crippen LogP contribution in [0.2, 0.25) is 0 Å². The fourth-order valence-corrected chi connectivity index (χ4v) is 3.40. The van der Waals surface area contributed by atoms with Gasteiger partial charge in [0.25, 0.3) is 0 Å². The summed E-state index contributed by atoms with van der Waals surface area (Å²) in [6.07, 6.45) is 2.34. The average Bonchev–Trinajstić information content (AvgIpc) is 2.47. The number of hydrogen-bond acceptors (Lipinski definition) is 3. The molecule has 0 heterocycles. The SMILES string of the molecule is CCCNC(c1ccccc1)C(CC)SCCOC. The second-order valence-electron chi connectivity index (χ2n) is 4.65. The van der Waals surface area contributed by atoms with Gasteiger partial charge in [0.2, 0.25) is 0 Å². The Morgan fingerprint density at radius 1 is 1.21 bits per heavy atom. The van der Waals surface area contributed by atoms with Gasteiger partial charge in [-0.1, -0.05) is 44.2 Å². The summed E-state index contributed by atoms with van der Waals surface area (Å²) in [6, 6.07) is 11.2. The minimum absolute atomic E-state index is 0.438. The van der Waals surface area contributed by atoms with Crippen molar-refractivity contribution in [2.45, 2.75) is 38.0 Å². The van der Waals surface area contributed by atoms with Gasteiger partial charge in [0.1, 0.15) is 0 Å². The van der Waals surface area contributed by atoms with Crippen LogP contribution >= 0.6 is 11.8 Å². The summed E-state index contributed by atoms with van der Waals surface area (Å²) in [5.41, 5.74) is 1.40. The Kier molecular flexibility index (Phi) is 8.97. The fourth-order valence-electron chi connectivity index (χ4n) is 2.16. The monoisotopic (exact) mass is 281 g/mol. The van der Waals surface area contributed by atoms with Gasteiger partial charge in [-0.25, -0.2) is 0 Å². The van der Waals surface area contributed by atoms with E-state index in [4.69, 9.17) is 4.74 Å². The van der Waals surface area contributed by atoms with E-state index in [0.717, 1.165) is 18.9 Å². The molecule has 0 radical (unpaired) electrons. The largest absolute Gasteiger partial charge is 0.384 e. The minimum Gasteiger partial charge on any atom is -0.384 e. The highest BCUT2D eigenvalue weighted by molar-refractivity contribution is 7.99. The first-order chi connectivity index (χ1) is 9.33. The lowest BCUT2D eigenvalue weighted by Gasteiger charge is -2.27. The molecule has 0 bridgehead atoms. The molecule has 0 aromatic heterocycles. The maximum absolute atomic E-state index is 5.16. The van der Waals surface area contributed by atoms with Crippen molar-refractivity contribution in [3.63, 3.8) is 0 Å². The number of nitrogens with one attached hydrogen (secondary N) is 1. The molecular formula is C16H27NOS. The molecule has 0 amide bonds. The Hall–Kier alpha value is -0.510. The number of benzene rings is 1. The molecule has 0 aliphatic heterocycles. The van der Waals surface area contributed by atoms with E-state index in [1.54, 1.807) is 7.11 Å². The van der Waals surface area contributed by atoms with Gasteiger partial charge in [-0.2, -0.15) is 11.8 Å². The summed E-state index contributed by atoms with van der Waals surface area (Å²) >= 11 is 2.01. The van der Waals surface area contributed by atoms with Gasteiger partial charge in [-0.05, 0) is 24.9 Å². The van der Waals surface area contributed by atoms with Crippen LogP contribution in [-0.4, -0.2) is 31.3 Å². The third kappa shape index (κ3) is 5.98. The van der Waals surface area contributed by atoms with Crippen molar-refractivity contribution >= 4 is 11.8 Å². The highest BCUT2D eigenvalue weighted by atomic mass is 32.2. The van der Waals surface area contributed by atoms with E-state index in [0.29, 0.717) is 11.3 Å². The molecule has 1 aromatic carbocycles. The van der Waals surface area contributed by atoms with Gasteiger partial charge in [-0.15, -0.1) is 0 Å². The maximum atomic E-state index is 5.16. The number of hydrogen-bond donors (Lipinski definition) is 1. The van der Waals surface area contributed by atoms with Crippen molar-refractivity contribution in [3.8, 4) is 0 Å². The zero-order chi connectivity index (χ0) is 13.9. The normalized spacial score (nSPS) is 14.3. The summed E-state index contributed by atoms with van der Waals surface area (Å²) in [4.78, 5) is 0. The van der Waals surface area contributed by atoms with Crippen LogP contribution in [0.15, 0.2) is 30.3 Å². The van der Waals surface area contributed by atoms with Gasteiger partial charge < -0.3 is 10.1 Å². The summed E-state index contributed by atoms with van der Waals surface area (Å²) in [7, 11) is 1.77. The molecular weight excluding hydrogens is 254 g/mol. The molecule has 1 rings (SSSR count). The fraction of sp³-hybridized carbons (Fsp3) is 0.625. The third-order valence-corrected chi connectivity index (χ3v) is 4.60. The van der Waals surface area contributed by atoms with E-state index in [2.05, 4.69) is 49.5 Å². The lowest BCUT2D eigenvalue weighted by molar-refractivity contribution is 0.218. The van der Waals surface area contributed by atoms with Crippen molar-refractivity contribution in [1.29, 1.82) is 0 Å². The van der Waals surface area contributed by atoms with Crippen molar-refractivity contribution in [1.82, 2.24) is 5.32 Å². The molecule has 0 fully saturated rings. The molecule has 19 heavy (non-hydrogen) atoms. The quantitative estimate of drug-likeness (QED) is 0.658. The van der Waals surface area contributed by atoms with Crippen molar-refractivity contribution in [2.75, 3.05) is 26.0 Å². The highest BCUT2D eigenvalue weighted by Crippen LogP contribution is 2.29. The standard InChI is InChI=1S/C16H27NOS/c1-4-11-17-16(14-9-7-6-8-10-14)15(5-2)19-13-12-18-3/h6-10,15-17H,4-5,11-13H2,1-3H3. The van der Waals surface area contributed by atoms with E-state index >= 15 is 0 Å². The summed E-state index contributed by atoms with van der Waals surface area (Å²) in [6.45, 7) is 6.39. The Morgan fingerprint density at radius 3 is 2.53 bits per heavy atom. The molecule has 1 N–H and O–H groups in total. The van der Waals surface area contributed by atoms with Gasteiger partial charge in [-0.3, -0.25) is 0 Å². The second kappa shape index (κ2) is 10.3. The number of thioether (sulfide) groups is 1. The molecule has 0 saturated carbocycles. The third-order valence-electron chi connectivity index (χ3n) is 3.17. The molecule has 2 atom stereocenters. The predicted molar refractivity (Wildman–Crippen MR) is 85.9 cm³/mol. The predicted octanol–water partition coefficient (Wildman–Crippen LogP) is 3.89. The Balaban J connectivity index is 2.70. The first kappa shape index (κ1) is 16.5. The van der Waals surface area contributed by atoms with Crippen molar-refractivity contribution in [2.24, 2.45) is 0 Å².